The van der Waals surface area contributed by atoms with E-state index in [0.29, 0.717) is 22.8 Å². The highest BCUT2D eigenvalue weighted by Crippen LogP contribution is 2.20. The number of nitrogens with zero attached hydrogens (tertiary/aromatic N) is 3. The van der Waals surface area contributed by atoms with Crippen molar-refractivity contribution in [2.45, 2.75) is 38.8 Å². The van der Waals surface area contributed by atoms with Gasteiger partial charge in [0.25, 0.3) is 11.5 Å². The Bertz CT molecular complexity index is 1110. The molecule has 0 saturated carbocycles. The number of piperidine rings is 1. The monoisotopic (exact) mass is 390 g/mol. The van der Waals surface area contributed by atoms with E-state index in [0.717, 1.165) is 18.7 Å². The van der Waals surface area contributed by atoms with Crippen molar-refractivity contribution in [3.05, 3.63) is 70.1 Å². The Morgan fingerprint density at radius 2 is 2.00 bits per heavy atom. The minimum atomic E-state index is -0.486. The molecule has 0 radical (unpaired) electrons. The molecule has 3 aromatic rings. The largest absolute Gasteiger partial charge is 0.320 e. The van der Waals surface area contributed by atoms with Gasteiger partial charge in [-0.2, -0.15) is 0 Å². The van der Waals surface area contributed by atoms with Crippen LogP contribution in [0.15, 0.2) is 53.3 Å². The van der Waals surface area contributed by atoms with E-state index in [1.165, 1.54) is 23.8 Å². The highest BCUT2D eigenvalue weighted by Gasteiger charge is 2.19. The third-order valence-corrected chi connectivity index (χ3v) is 5.71. The number of aromatic nitrogens is 2. The van der Waals surface area contributed by atoms with Gasteiger partial charge in [-0.3, -0.25) is 14.5 Å². The van der Waals surface area contributed by atoms with Crippen molar-refractivity contribution in [2.24, 2.45) is 7.05 Å². The average Bonchev–Trinajstić information content (AvgIpc) is 2.72. The number of nitrogens with one attached hydrogen (secondary N) is 1. The van der Waals surface area contributed by atoms with Crippen LogP contribution >= 0.6 is 0 Å². The molecule has 1 saturated heterocycles. The van der Waals surface area contributed by atoms with E-state index in [-0.39, 0.29) is 5.69 Å². The van der Waals surface area contributed by atoms with E-state index >= 15 is 0 Å². The molecular weight excluding hydrogens is 364 g/mol. The zero-order chi connectivity index (χ0) is 20.4. The standard InChI is InChI=1S/C23H26N4O2/c1-16-8-5-6-13-27(16)15-17-9-7-10-18(14-17)24-22(28)21-23(29)26(2)20-12-4-3-11-19(20)25-21/h3-4,7,9-12,14,16H,5-6,8,13,15H2,1-2H3,(H,24,28). The Morgan fingerprint density at radius 1 is 1.17 bits per heavy atom. The summed E-state index contributed by atoms with van der Waals surface area (Å²) in [4.78, 5) is 32.2. The first kappa shape index (κ1) is 19.3. The van der Waals surface area contributed by atoms with Crippen LogP contribution in [0, 0.1) is 0 Å². The van der Waals surface area contributed by atoms with E-state index in [1.807, 2.05) is 36.4 Å². The molecule has 29 heavy (non-hydrogen) atoms. The van der Waals surface area contributed by atoms with E-state index in [4.69, 9.17) is 0 Å². The summed E-state index contributed by atoms with van der Waals surface area (Å²) in [5.74, 6) is -0.486. The number of hydrogen-bond donors (Lipinski definition) is 1. The van der Waals surface area contributed by atoms with Crippen LogP contribution in [-0.2, 0) is 13.6 Å². The van der Waals surface area contributed by atoms with Crippen molar-refractivity contribution in [1.29, 1.82) is 0 Å². The maximum absolute atomic E-state index is 12.8. The third-order valence-electron chi connectivity index (χ3n) is 5.71. The molecule has 1 aromatic heterocycles. The summed E-state index contributed by atoms with van der Waals surface area (Å²) in [6, 6.07) is 15.7. The summed E-state index contributed by atoms with van der Waals surface area (Å²) in [6.07, 6.45) is 3.76. The van der Waals surface area contributed by atoms with Crippen molar-refractivity contribution < 1.29 is 4.79 Å². The number of hydrogen-bond acceptors (Lipinski definition) is 4. The van der Waals surface area contributed by atoms with Gasteiger partial charge in [0.1, 0.15) is 0 Å². The molecule has 1 N–H and O–H groups in total. The van der Waals surface area contributed by atoms with Gasteiger partial charge >= 0.3 is 0 Å². The van der Waals surface area contributed by atoms with Crippen molar-refractivity contribution in [2.75, 3.05) is 11.9 Å². The first-order chi connectivity index (χ1) is 14.0. The van der Waals surface area contributed by atoms with E-state index in [1.54, 1.807) is 13.1 Å². The van der Waals surface area contributed by atoms with Crippen LogP contribution in [-0.4, -0.2) is 32.9 Å². The lowest BCUT2D eigenvalue weighted by Crippen LogP contribution is -2.36. The SMILES string of the molecule is CC1CCCCN1Cc1cccc(NC(=O)c2nc3ccccc3n(C)c2=O)c1. The highest BCUT2D eigenvalue weighted by molar-refractivity contribution is 6.03. The van der Waals surface area contributed by atoms with Gasteiger partial charge in [0, 0.05) is 25.3 Å². The molecule has 1 aliphatic rings. The molecular formula is C23H26N4O2. The van der Waals surface area contributed by atoms with Gasteiger partial charge in [0.05, 0.1) is 11.0 Å². The third kappa shape index (κ3) is 4.07. The number of aryl methyl sites for hydroxylation is 1. The highest BCUT2D eigenvalue weighted by atomic mass is 16.2. The fourth-order valence-corrected chi connectivity index (χ4v) is 3.99. The molecule has 4 rings (SSSR count). The predicted molar refractivity (Wildman–Crippen MR) is 115 cm³/mol. The number of rotatable bonds is 4. The first-order valence-electron chi connectivity index (χ1n) is 10.1. The molecule has 1 fully saturated rings. The summed E-state index contributed by atoms with van der Waals surface area (Å²) in [7, 11) is 1.66. The summed E-state index contributed by atoms with van der Waals surface area (Å²) in [5.41, 5.74) is 2.64. The van der Waals surface area contributed by atoms with Crippen LogP contribution < -0.4 is 10.9 Å². The van der Waals surface area contributed by atoms with Crippen molar-refractivity contribution >= 4 is 22.6 Å². The second-order valence-electron chi connectivity index (χ2n) is 7.78. The number of benzene rings is 2. The van der Waals surface area contributed by atoms with E-state index < -0.39 is 11.5 Å². The van der Waals surface area contributed by atoms with Crippen LogP contribution in [0.5, 0.6) is 0 Å². The van der Waals surface area contributed by atoms with E-state index in [2.05, 4.69) is 28.2 Å². The Hall–Kier alpha value is -2.99. The molecule has 1 unspecified atom stereocenters. The van der Waals surface area contributed by atoms with E-state index in [9.17, 15) is 9.59 Å². The fraction of sp³-hybridized carbons (Fsp3) is 0.348. The lowest BCUT2D eigenvalue weighted by Gasteiger charge is -2.33. The smallest absolute Gasteiger partial charge is 0.282 e. The Labute approximate surface area is 170 Å². The lowest BCUT2D eigenvalue weighted by molar-refractivity contribution is 0.102. The molecule has 1 aliphatic heterocycles. The van der Waals surface area contributed by atoms with Crippen LogP contribution in [0.2, 0.25) is 0 Å². The minimum Gasteiger partial charge on any atom is -0.320 e. The second-order valence-corrected chi connectivity index (χ2v) is 7.78. The van der Waals surface area contributed by atoms with Gasteiger partial charge in [0.2, 0.25) is 0 Å². The maximum Gasteiger partial charge on any atom is 0.282 e. The summed E-state index contributed by atoms with van der Waals surface area (Å²) < 4.78 is 1.46. The molecule has 0 spiro atoms. The van der Waals surface area contributed by atoms with Gasteiger partial charge < -0.3 is 9.88 Å². The molecule has 1 atom stereocenters. The fourth-order valence-electron chi connectivity index (χ4n) is 3.99. The summed E-state index contributed by atoms with van der Waals surface area (Å²) in [5, 5.41) is 2.85. The average molecular weight is 390 g/mol. The van der Waals surface area contributed by atoms with Gasteiger partial charge in [-0.05, 0) is 56.1 Å². The number of carbonyl (C=O) groups excluding carboxylic acids is 1. The number of anilines is 1. The Kier molecular flexibility index (Phi) is 5.45. The van der Waals surface area contributed by atoms with Gasteiger partial charge in [0.15, 0.2) is 5.69 Å². The quantitative estimate of drug-likeness (QED) is 0.740. The minimum absolute atomic E-state index is 0.0961. The van der Waals surface area contributed by atoms with Crippen molar-refractivity contribution in [1.82, 2.24) is 14.5 Å². The van der Waals surface area contributed by atoms with Crippen molar-refractivity contribution in [3.8, 4) is 0 Å². The molecule has 6 heteroatoms. The molecule has 0 bridgehead atoms. The predicted octanol–water partition coefficient (Wildman–Crippen LogP) is 3.56. The molecule has 1 amide bonds. The van der Waals surface area contributed by atoms with Crippen molar-refractivity contribution in [3.63, 3.8) is 0 Å². The van der Waals surface area contributed by atoms with Crippen LogP contribution in [0.3, 0.4) is 0 Å². The lowest BCUT2D eigenvalue weighted by atomic mass is 10.0. The summed E-state index contributed by atoms with van der Waals surface area (Å²) in [6.45, 7) is 4.24. The molecule has 6 nitrogen and oxygen atoms in total. The zero-order valence-corrected chi connectivity index (χ0v) is 16.9. The molecule has 0 aliphatic carbocycles. The maximum atomic E-state index is 12.8. The van der Waals surface area contributed by atoms with Crippen LogP contribution in [0.4, 0.5) is 5.69 Å². The number of para-hydroxylation sites is 2. The zero-order valence-electron chi connectivity index (χ0n) is 16.9. The van der Waals surface area contributed by atoms with Gasteiger partial charge in [-0.1, -0.05) is 30.7 Å². The topological polar surface area (TPSA) is 67.2 Å². The number of amides is 1. The number of carbonyl (C=O) groups is 1. The Balaban J connectivity index is 1.55. The van der Waals surface area contributed by atoms with Crippen LogP contribution in [0.25, 0.3) is 11.0 Å². The second kappa shape index (κ2) is 8.17. The molecule has 2 heterocycles. The normalized spacial score (nSPS) is 17.4. The Morgan fingerprint density at radius 3 is 2.83 bits per heavy atom. The molecule has 150 valence electrons. The van der Waals surface area contributed by atoms with Gasteiger partial charge in [-0.15, -0.1) is 0 Å². The van der Waals surface area contributed by atoms with Gasteiger partial charge in [-0.25, -0.2) is 4.98 Å². The first-order valence-corrected chi connectivity index (χ1v) is 10.1. The summed E-state index contributed by atoms with van der Waals surface area (Å²) >= 11 is 0. The number of fused-ring (bicyclic) bond motifs is 1. The molecule has 2 aromatic carbocycles. The van der Waals surface area contributed by atoms with Crippen LogP contribution in [0.1, 0.15) is 42.2 Å². The number of likely N-dealkylation sites (tertiary alicyclic amines) is 1.